The van der Waals surface area contributed by atoms with Crippen molar-refractivity contribution in [1.29, 1.82) is 0 Å². The summed E-state index contributed by atoms with van der Waals surface area (Å²) in [6, 6.07) is -0.334. The van der Waals surface area contributed by atoms with E-state index in [0.717, 1.165) is 4.90 Å². The van der Waals surface area contributed by atoms with Crippen LogP contribution >= 0.6 is 11.6 Å². The molecule has 0 radical (unpaired) electrons. The minimum absolute atomic E-state index is 0.105. The molecule has 0 bridgehead atoms. The molecule has 12 heavy (non-hydrogen) atoms. The van der Waals surface area contributed by atoms with Crippen LogP contribution in [0, 0.1) is 0 Å². The van der Waals surface area contributed by atoms with E-state index in [9.17, 15) is 9.59 Å². The molecule has 1 aliphatic heterocycles. The molecule has 3 amide bonds. The molecule has 1 rings (SSSR count). The summed E-state index contributed by atoms with van der Waals surface area (Å²) in [5.74, 6) is 0.197. The number of hydrogen-bond donors (Lipinski definition) is 1. The molecular weight excluding hydrogens is 180 g/mol. The molecule has 4 nitrogen and oxygen atoms in total. The van der Waals surface area contributed by atoms with Crippen molar-refractivity contribution in [2.75, 3.05) is 19.0 Å². The molecule has 0 saturated carbocycles. The van der Waals surface area contributed by atoms with E-state index in [1.165, 1.54) is 0 Å². The van der Waals surface area contributed by atoms with Gasteiger partial charge in [-0.25, -0.2) is 4.79 Å². The fraction of sp³-hybridized carbons (Fsp3) is 0.429. The van der Waals surface area contributed by atoms with Gasteiger partial charge in [-0.2, -0.15) is 0 Å². The summed E-state index contributed by atoms with van der Waals surface area (Å²) in [5.41, 5.74) is 0. The van der Waals surface area contributed by atoms with Crippen LogP contribution in [0.4, 0.5) is 4.79 Å². The number of rotatable bonds is 3. The Balaban J connectivity index is 2.45. The zero-order chi connectivity index (χ0) is 8.97. The van der Waals surface area contributed by atoms with Gasteiger partial charge in [0.2, 0.25) is 5.91 Å². The van der Waals surface area contributed by atoms with Crippen LogP contribution in [-0.4, -0.2) is 35.8 Å². The monoisotopic (exact) mass is 188 g/mol. The van der Waals surface area contributed by atoms with Gasteiger partial charge in [0.05, 0.1) is 6.54 Å². The molecule has 0 spiro atoms. The lowest BCUT2D eigenvalue weighted by Gasteiger charge is -2.07. The first-order valence-electron chi connectivity index (χ1n) is 3.55. The van der Waals surface area contributed by atoms with Crippen molar-refractivity contribution in [1.82, 2.24) is 10.2 Å². The molecule has 0 aliphatic carbocycles. The highest BCUT2D eigenvalue weighted by Crippen LogP contribution is 1.98. The van der Waals surface area contributed by atoms with Crippen LogP contribution in [0.25, 0.3) is 0 Å². The second-order valence-corrected chi connectivity index (χ2v) is 2.60. The van der Waals surface area contributed by atoms with E-state index < -0.39 is 0 Å². The van der Waals surface area contributed by atoms with Crippen molar-refractivity contribution in [2.24, 2.45) is 0 Å². The Hall–Kier alpha value is -1.03. The maximum absolute atomic E-state index is 11.0. The molecule has 1 fully saturated rings. The maximum atomic E-state index is 11.0. The predicted molar refractivity (Wildman–Crippen MR) is 45.0 cm³/mol. The Labute approximate surface area is 75.2 Å². The standard InChI is InChI=1S/C7H9ClN2O2/c8-3-1-2-4-10-6(11)5-9-7(10)12/h1-2H,3-5H2,(H,9,12). The molecule has 1 aliphatic rings. The first kappa shape index (κ1) is 9.06. The van der Waals surface area contributed by atoms with Crippen molar-refractivity contribution in [2.45, 2.75) is 0 Å². The molecule has 0 unspecified atom stereocenters. The molecular formula is C7H9ClN2O2. The fourth-order valence-corrected chi connectivity index (χ4v) is 1.01. The van der Waals surface area contributed by atoms with Crippen molar-refractivity contribution in [3.05, 3.63) is 12.2 Å². The van der Waals surface area contributed by atoms with Gasteiger partial charge in [-0.15, -0.1) is 11.6 Å². The zero-order valence-electron chi connectivity index (χ0n) is 6.42. The third-order valence-electron chi connectivity index (χ3n) is 1.48. The van der Waals surface area contributed by atoms with Crippen LogP contribution in [0.2, 0.25) is 0 Å². The first-order chi connectivity index (χ1) is 5.75. The number of allylic oxidation sites excluding steroid dienone is 1. The fourth-order valence-electron chi connectivity index (χ4n) is 0.883. The molecule has 1 N–H and O–H groups in total. The summed E-state index contributed by atoms with van der Waals surface area (Å²) in [5, 5.41) is 2.42. The summed E-state index contributed by atoms with van der Waals surface area (Å²) in [6.07, 6.45) is 3.39. The Morgan fingerprint density at radius 3 is 2.75 bits per heavy atom. The number of imide groups is 1. The summed E-state index contributed by atoms with van der Waals surface area (Å²) >= 11 is 5.37. The molecule has 5 heteroatoms. The van der Waals surface area contributed by atoms with Gasteiger partial charge in [0.15, 0.2) is 0 Å². The number of halogens is 1. The summed E-state index contributed by atoms with van der Waals surface area (Å²) in [6.45, 7) is 0.408. The van der Waals surface area contributed by atoms with Gasteiger partial charge in [-0.05, 0) is 0 Å². The molecule has 0 aromatic carbocycles. The largest absolute Gasteiger partial charge is 0.329 e. The molecule has 0 atom stereocenters. The lowest BCUT2D eigenvalue weighted by molar-refractivity contribution is -0.124. The van der Waals surface area contributed by atoms with E-state index in [0.29, 0.717) is 12.4 Å². The van der Waals surface area contributed by atoms with Crippen LogP contribution < -0.4 is 5.32 Å². The average molecular weight is 189 g/mol. The second kappa shape index (κ2) is 4.11. The smallest absolute Gasteiger partial charge is 0.324 e. The number of amides is 3. The number of nitrogens with one attached hydrogen (secondary N) is 1. The van der Waals surface area contributed by atoms with Crippen LogP contribution in [-0.2, 0) is 4.79 Å². The van der Waals surface area contributed by atoms with E-state index >= 15 is 0 Å². The second-order valence-electron chi connectivity index (χ2n) is 2.29. The van der Waals surface area contributed by atoms with Gasteiger partial charge in [0, 0.05) is 12.4 Å². The van der Waals surface area contributed by atoms with E-state index in [1.54, 1.807) is 12.2 Å². The van der Waals surface area contributed by atoms with Crippen LogP contribution in [0.15, 0.2) is 12.2 Å². The van der Waals surface area contributed by atoms with Gasteiger partial charge in [-0.3, -0.25) is 9.69 Å². The van der Waals surface area contributed by atoms with Crippen molar-refractivity contribution >= 4 is 23.5 Å². The number of carbonyl (C=O) groups is 2. The lowest BCUT2D eigenvalue weighted by atomic mass is 10.4. The summed E-state index contributed by atoms with van der Waals surface area (Å²) < 4.78 is 0. The average Bonchev–Trinajstić information content (AvgIpc) is 2.35. The number of alkyl halides is 1. The van der Waals surface area contributed by atoms with Crippen molar-refractivity contribution < 1.29 is 9.59 Å². The van der Waals surface area contributed by atoms with Crippen molar-refractivity contribution in [3.8, 4) is 0 Å². The first-order valence-corrected chi connectivity index (χ1v) is 4.08. The van der Waals surface area contributed by atoms with E-state index in [2.05, 4.69) is 5.32 Å². The Bertz CT molecular complexity index is 211. The van der Waals surface area contributed by atoms with E-state index in [4.69, 9.17) is 11.6 Å². The van der Waals surface area contributed by atoms with Gasteiger partial charge < -0.3 is 5.32 Å². The lowest BCUT2D eigenvalue weighted by Crippen LogP contribution is -2.30. The highest BCUT2D eigenvalue weighted by atomic mass is 35.5. The summed E-state index contributed by atoms with van der Waals surface area (Å²) in [7, 11) is 0. The highest BCUT2D eigenvalue weighted by molar-refractivity contribution is 6.18. The molecule has 1 heterocycles. The Morgan fingerprint density at radius 1 is 1.50 bits per heavy atom. The van der Waals surface area contributed by atoms with Crippen LogP contribution in [0.1, 0.15) is 0 Å². The van der Waals surface area contributed by atoms with Gasteiger partial charge in [0.1, 0.15) is 0 Å². The van der Waals surface area contributed by atoms with Gasteiger partial charge in [0.25, 0.3) is 0 Å². The Kier molecular flexibility index (Phi) is 3.10. The highest BCUT2D eigenvalue weighted by Gasteiger charge is 2.26. The third kappa shape index (κ3) is 1.98. The third-order valence-corrected chi connectivity index (χ3v) is 1.66. The Morgan fingerprint density at radius 2 is 2.25 bits per heavy atom. The van der Waals surface area contributed by atoms with Gasteiger partial charge in [-0.1, -0.05) is 12.2 Å². The van der Waals surface area contributed by atoms with E-state index in [1.807, 2.05) is 0 Å². The maximum Gasteiger partial charge on any atom is 0.324 e. The minimum Gasteiger partial charge on any atom is -0.329 e. The predicted octanol–water partition coefficient (Wildman–Crippen LogP) is 0.333. The SMILES string of the molecule is O=C1CNC(=O)N1CC=CCCl. The summed E-state index contributed by atoms with van der Waals surface area (Å²) in [4.78, 5) is 23.0. The topological polar surface area (TPSA) is 49.4 Å². The quantitative estimate of drug-likeness (QED) is 0.394. The number of hydrogen-bond acceptors (Lipinski definition) is 2. The molecule has 1 saturated heterocycles. The van der Waals surface area contributed by atoms with Crippen molar-refractivity contribution in [3.63, 3.8) is 0 Å². The molecule has 0 aromatic rings. The van der Waals surface area contributed by atoms with E-state index in [-0.39, 0.29) is 18.5 Å². The van der Waals surface area contributed by atoms with Gasteiger partial charge >= 0.3 is 6.03 Å². The zero-order valence-corrected chi connectivity index (χ0v) is 7.17. The minimum atomic E-state index is -0.334. The molecule has 0 aromatic heterocycles. The molecule has 66 valence electrons. The van der Waals surface area contributed by atoms with Crippen LogP contribution in [0.3, 0.4) is 0 Å². The van der Waals surface area contributed by atoms with Crippen LogP contribution in [0.5, 0.6) is 0 Å². The number of urea groups is 1. The normalized spacial score (nSPS) is 17.6. The number of nitrogens with zero attached hydrogens (tertiary/aromatic N) is 1. The number of carbonyl (C=O) groups excluding carboxylic acids is 2.